The van der Waals surface area contributed by atoms with Crippen LogP contribution in [0.25, 0.3) is 11.0 Å². The van der Waals surface area contributed by atoms with Crippen molar-refractivity contribution >= 4 is 29.3 Å². The molecule has 5 heteroatoms. The maximum Gasteiger partial charge on any atom is 0.287 e. The number of halogens is 1. The second-order valence-electron chi connectivity index (χ2n) is 5.47. The molecule has 2 heterocycles. The van der Waals surface area contributed by atoms with Gasteiger partial charge in [-0.25, -0.2) is 0 Å². The summed E-state index contributed by atoms with van der Waals surface area (Å²) < 4.78 is 5.67. The summed E-state index contributed by atoms with van der Waals surface area (Å²) in [5.41, 5.74) is 1.69. The first-order valence-corrected chi connectivity index (χ1v) is 7.23. The largest absolute Gasteiger partial charge is 0.451 e. The van der Waals surface area contributed by atoms with E-state index in [2.05, 4.69) is 10.6 Å². The van der Waals surface area contributed by atoms with Crippen molar-refractivity contribution in [3.8, 4) is 0 Å². The van der Waals surface area contributed by atoms with Crippen molar-refractivity contribution in [2.24, 2.45) is 5.92 Å². The molecule has 2 N–H and O–H groups in total. The van der Waals surface area contributed by atoms with Gasteiger partial charge in [0.05, 0.1) is 0 Å². The van der Waals surface area contributed by atoms with Gasteiger partial charge >= 0.3 is 0 Å². The molecule has 0 aliphatic carbocycles. The summed E-state index contributed by atoms with van der Waals surface area (Å²) in [6.07, 6.45) is 2.36. The number of benzene rings is 1. The van der Waals surface area contributed by atoms with Crippen LogP contribution in [-0.2, 0) is 0 Å². The molecular weight excluding hydrogens is 288 g/mol. The van der Waals surface area contributed by atoms with Gasteiger partial charge in [-0.2, -0.15) is 0 Å². The maximum atomic E-state index is 12.3. The second-order valence-corrected chi connectivity index (χ2v) is 5.47. The fourth-order valence-corrected chi connectivity index (χ4v) is 2.81. The van der Waals surface area contributed by atoms with E-state index in [1.54, 1.807) is 0 Å². The molecule has 4 nitrogen and oxygen atoms in total. The Labute approximate surface area is 130 Å². The number of piperidine rings is 1. The third kappa shape index (κ3) is 3.39. The summed E-state index contributed by atoms with van der Waals surface area (Å²) in [4.78, 5) is 12.3. The second kappa shape index (κ2) is 6.96. The molecule has 1 unspecified atom stereocenters. The van der Waals surface area contributed by atoms with Gasteiger partial charge in [-0.3, -0.25) is 4.79 Å². The summed E-state index contributed by atoms with van der Waals surface area (Å²) in [5.74, 6) is 0.858. The Morgan fingerprint density at radius 3 is 2.95 bits per heavy atom. The number of carbonyl (C=O) groups is 1. The fourth-order valence-electron chi connectivity index (χ4n) is 2.81. The topological polar surface area (TPSA) is 54.3 Å². The quantitative estimate of drug-likeness (QED) is 0.916. The van der Waals surface area contributed by atoms with Gasteiger partial charge in [-0.15, -0.1) is 12.4 Å². The van der Waals surface area contributed by atoms with E-state index >= 15 is 0 Å². The number of amides is 1. The standard InChI is InChI=1S/C16H20N2O2.ClH/c1-11-13-6-2-3-7-14(13)20-15(11)16(19)18-10-12-5-4-8-17-9-12;/h2-3,6-7,12,17H,4-5,8-10H2,1H3,(H,18,19);1H. The summed E-state index contributed by atoms with van der Waals surface area (Å²) in [6, 6.07) is 7.75. The summed E-state index contributed by atoms with van der Waals surface area (Å²) >= 11 is 0. The van der Waals surface area contributed by atoms with Crippen LogP contribution in [0.5, 0.6) is 0 Å². The molecule has 114 valence electrons. The van der Waals surface area contributed by atoms with E-state index in [-0.39, 0.29) is 18.3 Å². The fraction of sp³-hybridized carbons (Fsp3) is 0.438. The summed E-state index contributed by atoms with van der Waals surface area (Å²) in [7, 11) is 0. The van der Waals surface area contributed by atoms with E-state index in [0.717, 1.165) is 29.6 Å². The molecule has 1 aliphatic heterocycles. The zero-order chi connectivity index (χ0) is 13.9. The minimum absolute atomic E-state index is 0. The molecule has 0 radical (unpaired) electrons. The van der Waals surface area contributed by atoms with Gasteiger partial charge < -0.3 is 15.1 Å². The number of hydrogen-bond acceptors (Lipinski definition) is 3. The smallest absolute Gasteiger partial charge is 0.287 e. The molecule has 1 aliphatic rings. The van der Waals surface area contributed by atoms with Crippen molar-refractivity contribution < 1.29 is 9.21 Å². The summed E-state index contributed by atoms with van der Waals surface area (Å²) in [5, 5.41) is 7.37. The molecule has 3 rings (SSSR count). The Bertz CT molecular complexity index is 618. The van der Waals surface area contributed by atoms with Gasteiger partial charge in [0.25, 0.3) is 5.91 Å². The molecule has 1 aromatic carbocycles. The highest BCUT2D eigenvalue weighted by atomic mass is 35.5. The SMILES string of the molecule is Cc1c(C(=O)NCC2CCCNC2)oc2ccccc12.Cl. The minimum atomic E-state index is -0.107. The number of fused-ring (bicyclic) bond motifs is 1. The van der Waals surface area contributed by atoms with Gasteiger partial charge in [-0.1, -0.05) is 18.2 Å². The lowest BCUT2D eigenvalue weighted by Gasteiger charge is -2.22. The van der Waals surface area contributed by atoms with Crippen molar-refractivity contribution in [2.75, 3.05) is 19.6 Å². The van der Waals surface area contributed by atoms with Crippen LogP contribution in [0, 0.1) is 12.8 Å². The Hall–Kier alpha value is -1.52. The molecule has 1 aromatic heterocycles. The summed E-state index contributed by atoms with van der Waals surface area (Å²) in [6.45, 7) is 4.72. The van der Waals surface area contributed by atoms with Gasteiger partial charge in [0.2, 0.25) is 0 Å². The Morgan fingerprint density at radius 1 is 1.43 bits per heavy atom. The number of furan rings is 1. The van der Waals surface area contributed by atoms with Crippen LogP contribution < -0.4 is 10.6 Å². The molecule has 1 amide bonds. The van der Waals surface area contributed by atoms with Crippen LogP contribution in [0.3, 0.4) is 0 Å². The van der Waals surface area contributed by atoms with Crippen molar-refractivity contribution in [3.05, 3.63) is 35.6 Å². The highest BCUT2D eigenvalue weighted by Gasteiger charge is 2.19. The lowest BCUT2D eigenvalue weighted by molar-refractivity contribution is 0.0918. The van der Waals surface area contributed by atoms with Crippen molar-refractivity contribution in [1.82, 2.24) is 10.6 Å². The monoisotopic (exact) mass is 308 g/mol. The van der Waals surface area contributed by atoms with Crippen molar-refractivity contribution in [1.29, 1.82) is 0 Å². The van der Waals surface area contributed by atoms with E-state index in [0.29, 0.717) is 18.2 Å². The number of rotatable bonds is 3. The average molecular weight is 309 g/mol. The van der Waals surface area contributed by atoms with E-state index < -0.39 is 0 Å². The highest BCUT2D eigenvalue weighted by molar-refractivity contribution is 5.98. The zero-order valence-corrected chi connectivity index (χ0v) is 13.0. The highest BCUT2D eigenvalue weighted by Crippen LogP contribution is 2.24. The van der Waals surface area contributed by atoms with Crippen LogP contribution in [0.4, 0.5) is 0 Å². The van der Waals surface area contributed by atoms with E-state index in [1.807, 2.05) is 31.2 Å². The zero-order valence-electron chi connectivity index (χ0n) is 12.1. The van der Waals surface area contributed by atoms with Crippen molar-refractivity contribution in [3.63, 3.8) is 0 Å². The van der Waals surface area contributed by atoms with Crippen LogP contribution in [0.2, 0.25) is 0 Å². The van der Waals surface area contributed by atoms with Gasteiger partial charge in [0, 0.05) is 17.5 Å². The predicted octanol–water partition coefficient (Wildman–Crippen LogP) is 2.89. The molecule has 2 aromatic rings. The lowest BCUT2D eigenvalue weighted by Crippen LogP contribution is -2.38. The Morgan fingerprint density at radius 2 is 2.24 bits per heavy atom. The molecule has 1 atom stereocenters. The van der Waals surface area contributed by atoms with Crippen LogP contribution in [0.1, 0.15) is 29.0 Å². The first-order valence-electron chi connectivity index (χ1n) is 7.23. The third-order valence-electron chi connectivity index (χ3n) is 4.00. The average Bonchev–Trinajstić information content (AvgIpc) is 2.84. The number of aryl methyl sites for hydroxylation is 1. The molecule has 0 bridgehead atoms. The van der Waals surface area contributed by atoms with Crippen LogP contribution >= 0.6 is 12.4 Å². The Balaban J connectivity index is 0.00000161. The van der Waals surface area contributed by atoms with E-state index in [9.17, 15) is 4.79 Å². The van der Waals surface area contributed by atoms with Gasteiger partial charge in [-0.05, 0) is 44.8 Å². The maximum absolute atomic E-state index is 12.3. The molecule has 0 saturated carbocycles. The molecule has 1 saturated heterocycles. The number of para-hydroxylation sites is 1. The first kappa shape index (κ1) is 15.9. The van der Waals surface area contributed by atoms with Crippen molar-refractivity contribution in [2.45, 2.75) is 19.8 Å². The molecular formula is C16H21ClN2O2. The van der Waals surface area contributed by atoms with Crippen LogP contribution in [-0.4, -0.2) is 25.5 Å². The van der Waals surface area contributed by atoms with Gasteiger partial charge in [0.15, 0.2) is 5.76 Å². The van der Waals surface area contributed by atoms with Gasteiger partial charge in [0.1, 0.15) is 5.58 Å². The van der Waals surface area contributed by atoms with E-state index in [1.165, 1.54) is 12.8 Å². The number of nitrogens with one attached hydrogen (secondary N) is 2. The van der Waals surface area contributed by atoms with Crippen LogP contribution in [0.15, 0.2) is 28.7 Å². The number of carbonyl (C=O) groups excluding carboxylic acids is 1. The number of hydrogen-bond donors (Lipinski definition) is 2. The third-order valence-corrected chi connectivity index (χ3v) is 4.00. The first-order chi connectivity index (χ1) is 9.75. The lowest BCUT2D eigenvalue weighted by atomic mass is 10.00. The molecule has 1 fully saturated rings. The predicted molar refractivity (Wildman–Crippen MR) is 86.1 cm³/mol. The molecule has 0 spiro atoms. The molecule has 21 heavy (non-hydrogen) atoms. The normalized spacial score (nSPS) is 18.2. The Kier molecular flexibility index (Phi) is 5.26. The minimum Gasteiger partial charge on any atom is -0.451 e. The van der Waals surface area contributed by atoms with E-state index in [4.69, 9.17) is 4.42 Å².